The van der Waals surface area contributed by atoms with Crippen LogP contribution < -0.4 is 15.8 Å². The highest BCUT2D eigenvalue weighted by molar-refractivity contribution is 7.78. The number of aliphatic carboxylic acids is 1. The van der Waals surface area contributed by atoms with Crippen LogP contribution in [-0.2, 0) is 14.4 Å². The number of hydrogen-bond donors (Lipinski definition) is 3. The Kier molecular flexibility index (Phi) is 9.41. The molecule has 2 unspecified atom stereocenters. The number of isothiocyanates is 1. The molecule has 0 spiro atoms. The zero-order valence-corrected chi connectivity index (χ0v) is 18.6. The number of thiocarbonyl (C=S) groups is 1. The maximum Gasteiger partial charge on any atom is 0.326 e. The molecule has 2 aromatic rings. The van der Waals surface area contributed by atoms with Gasteiger partial charge in [0, 0.05) is 17.5 Å². The number of ketones is 1. The Balaban J connectivity index is 1.91. The van der Waals surface area contributed by atoms with Crippen LogP contribution in [0.25, 0.3) is 0 Å². The second-order valence-electron chi connectivity index (χ2n) is 7.22. The van der Waals surface area contributed by atoms with E-state index in [1.54, 1.807) is 55.5 Å². The van der Waals surface area contributed by atoms with E-state index in [0.29, 0.717) is 22.6 Å². The number of benzene rings is 2. The van der Waals surface area contributed by atoms with E-state index in [4.69, 9.17) is 10.5 Å². The van der Waals surface area contributed by atoms with Gasteiger partial charge < -0.3 is 20.9 Å². The van der Waals surface area contributed by atoms with Crippen LogP contribution in [0.4, 0.5) is 5.69 Å². The minimum atomic E-state index is -1.25. The number of amides is 2. The summed E-state index contributed by atoms with van der Waals surface area (Å²) in [5.41, 5.74) is 6.57. The van der Waals surface area contributed by atoms with E-state index < -0.39 is 29.7 Å². The third kappa shape index (κ3) is 7.95. The Morgan fingerprint density at radius 2 is 1.67 bits per heavy atom. The highest BCUT2D eigenvalue weighted by Crippen LogP contribution is 2.18. The molecule has 0 aliphatic heterocycles. The number of carboxylic acid groups (broad SMARTS) is 1. The van der Waals surface area contributed by atoms with Gasteiger partial charge in [-0.25, -0.2) is 4.79 Å². The van der Waals surface area contributed by atoms with Crippen molar-refractivity contribution < 1.29 is 29.0 Å². The Bertz CT molecular complexity index is 1060. The highest BCUT2D eigenvalue weighted by Gasteiger charge is 2.23. The molecule has 4 N–H and O–H groups in total. The molecule has 0 aromatic heterocycles. The van der Waals surface area contributed by atoms with Crippen LogP contribution in [-0.4, -0.2) is 46.5 Å². The topological polar surface area (TPSA) is 148 Å². The Morgan fingerprint density at radius 1 is 1.09 bits per heavy atom. The Labute approximate surface area is 195 Å². The molecule has 2 rings (SSSR count). The molecule has 0 aliphatic carbocycles. The van der Waals surface area contributed by atoms with Crippen molar-refractivity contribution in [3.8, 4) is 5.75 Å². The summed E-state index contributed by atoms with van der Waals surface area (Å²) < 4.78 is 5.59. The molecule has 0 bridgehead atoms. The van der Waals surface area contributed by atoms with Crippen LogP contribution in [0.3, 0.4) is 0 Å². The zero-order chi connectivity index (χ0) is 24.4. The number of primary amides is 1. The van der Waals surface area contributed by atoms with Gasteiger partial charge in [0.2, 0.25) is 11.8 Å². The molecule has 172 valence electrons. The fourth-order valence-corrected chi connectivity index (χ4v) is 2.87. The van der Waals surface area contributed by atoms with Crippen LogP contribution in [0.1, 0.15) is 35.7 Å². The summed E-state index contributed by atoms with van der Waals surface area (Å²) in [6, 6.07) is 11.8. The average molecular weight is 470 g/mol. The molecule has 33 heavy (non-hydrogen) atoms. The average Bonchev–Trinajstić information content (AvgIpc) is 2.80. The number of aliphatic imine (C=N–C) groups is 1. The first-order valence-corrected chi connectivity index (χ1v) is 10.4. The molecule has 0 heterocycles. The summed E-state index contributed by atoms with van der Waals surface area (Å²) in [6.45, 7) is 1.57. The number of nitrogens with zero attached hydrogens (tertiary/aromatic N) is 1. The monoisotopic (exact) mass is 469 g/mol. The lowest BCUT2D eigenvalue weighted by Crippen LogP contribution is -2.44. The standard InChI is InChI=1S/C23H23N3O6S/c1-14(22(29)26-19(23(30)31)10-11-20(24)27)12-32-18-8-4-16(5-9-18)21(28)15-2-6-17(7-3-15)25-13-33/h2-9,14,19H,10-12H2,1H3,(H2,24,27)(H,26,29)(H,30,31). The fraction of sp³-hybridized carbons (Fsp3) is 0.261. The van der Waals surface area contributed by atoms with E-state index >= 15 is 0 Å². The lowest BCUT2D eigenvalue weighted by Gasteiger charge is -2.18. The minimum absolute atomic E-state index is 0.0108. The van der Waals surface area contributed by atoms with Crippen LogP contribution >= 0.6 is 12.2 Å². The van der Waals surface area contributed by atoms with Crippen molar-refractivity contribution in [2.75, 3.05) is 6.61 Å². The van der Waals surface area contributed by atoms with Crippen LogP contribution in [0, 0.1) is 5.92 Å². The molecular formula is C23H23N3O6S. The lowest BCUT2D eigenvalue weighted by atomic mass is 10.0. The lowest BCUT2D eigenvalue weighted by molar-refractivity contribution is -0.142. The van der Waals surface area contributed by atoms with Crippen LogP contribution in [0.5, 0.6) is 5.75 Å². The molecule has 2 aromatic carbocycles. The van der Waals surface area contributed by atoms with E-state index in [2.05, 4.69) is 27.7 Å². The fourth-order valence-electron chi connectivity index (χ4n) is 2.76. The summed E-state index contributed by atoms with van der Waals surface area (Å²) in [6.07, 6.45) is -0.250. The quantitative estimate of drug-likeness (QED) is 0.246. The summed E-state index contributed by atoms with van der Waals surface area (Å²) >= 11 is 4.55. The Morgan fingerprint density at radius 3 is 2.18 bits per heavy atom. The van der Waals surface area contributed by atoms with E-state index in [9.17, 15) is 24.3 Å². The maximum atomic E-state index is 12.6. The molecule has 10 heteroatoms. The number of hydrogen-bond acceptors (Lipinski definition) is 7. The summed E-state index contributed by atoms with van der Waals surface area (Å²) in [7, 11) is 0. The highest BCUT2D eigenvalue weighted by atomic mass is 32.1. The molecular weight excluding hydrogens is 446 g/mol. The third-order valence-corrected chi connectivity index (χ3v) is 4.75. The first-order valence-electron chi connectivity index (χ1n) is 9.98. The van der Waals surface area contributed by atoms with Gasteiger partial charge in [-0.15, -0.1) is 0 Å². The second-order valence-corrected chi connectivity index (χ2v) is 7.40. The number of nitrogens with two attached hydrogens (primary N) is 1. The molecule has 0 saturated heterocycles. The van der Waals surface area contributed by atoms with Gasteiger partial charge in [-0.2, -0.15) is 4.99 Å². The molecule has 0 saturated carbocycles. The van der Waals surface area contributed by atoms with E-state index in [0.717, 1.165) is 0 Å². The van der Waals surface area contributed by atoms with Crippen molar-refractivity contribution in [3.63, 3.8) is 0 Å². The van der Waals surface area contributed by atoms with Gasteiger partial charge in [-0.3, -0.25) is 14.4 Å². The van der Waals surface area contributed by atoms with E-state index in [1.807, 2.05) is 0 Å². The molecule has 0 fully saturated rings. The van der Waals surface area contributed by atoms with E-state index in [-0.39, 0.29) is 25.2 Å². The summed E-state index contributed by atoms with van der Waals surface area (Å²) in [5, 5.41) is 13.8. The van der Waals surface area contributed by atoms with Crippen LogP contribution in [0.15, 0.2) is 53.5 Å². The van der Waals surface area contributed by atoms with Gasteiger partial charge in [0.1, 0.15) is 11.8 Å². The predicted molar refractivity (Wildman–Crippen MR) is 124 cm³/mol. The van der Waals surface area contributed by atoms with Crippen molar-refractivity contribution in [2.24, 2.45) is 16.6 Å². The Hall–Kier alpha value is -3.88. The molecule has 2 atom stereocenters. The molecule has 0 radical (unpaired) electrons. The first kappa shape index (κ1) is 25.4. The second kappa shape index (κ2) is 12.2. The maximum absolute atomic E-state index is 12.6. The van der Waals surface area contributed by atoms with Gasteiger partial charge in [0.05, 0.1) is 23.4 Å². The number of carbonyl (C=O) groups is 4. The number of ether oxygens (including phenoxy) is 1. The largest absolute Gasteiger partial charge is 0.493 e. The van der Waals surface area contributed by atoms with Gasteiger partial charge >= 0.3 is 5.97 Å². The van der Waals surface area contributed by atoms with Gasteiger partial charge in [-0.1, -0.05) is 6.92 Å². The summed E-state index contributed by atoms with van der Waals surface area (Å²) in [5.74, 6) is -2.82. The van der Waals surface area contributed by atoms with E-state index in [1.165, 1.54) is 0 Å². The van der Waals surface area contributed by atoms with Gasteiger partial charge in [-0.05, 0) is 67.2 Å². The van der Waals surface area contributed by atoms with Crippen molar-refractivity contribution >= 4 is 46.6 Å². The zero-order valence-electron chi connectivity index (χ0n) is 17.8. The molecule has 2 amide bonds. The molecule has 9 nitrogen and oxygen atoms in total. The van der Waals surface area contributed by atoms with Gasteiger partial charge in [0.15, 0.2) is 5.78 Å². The van der Waals surface area contributed by atoms with Crippen molar-refractivity contribution in [1.82, 2.24) is 5.32 Å². The van der Waals surface area contributed by atoms with Gasteiger partial charge in [0.25, 0.3) is 0 Å². The normalized spacial score (nSPS) is 12.0. The first-order chi connectivity index (χ1) is 15.7. The van der Waals surface area contributed by atoms with Crippen molar-refractivity contribution in [2.45, 2.75) is 25.8 Å². The van der Waals surface area contributed by atoms with Crippen molar-refractivity contribution in [3.05, 3.63) is 59.7 Å². The SMILES string of the molecule is CC(COc1ccc(C(=O)c2ccc(N=C=S)cc2)cc1)C(=O)NC(CCC(N)=O)C(=O)O. The smallest absolute Gasteiger partial charge is 0.326 e. The number of carbonyl (C=O) groups excluding carboxylic acids is 3. The number of carboxylic acids is 1. The predicted octanol–water partition coefficient (Wildman–Crippen LogP) is 2.50. The molecule has 0 aliphatic rings. The minimum Gasteiger partial charge on any atom is -0.493 e. The van der Waals surface area contributed by atoms with Crippen LogP contribution in [0.2, 0.25) is 0 Å². The number of nitrogens with one attached hydrogen (secondary N) is 1. The van der Waals surface area contributed by atoms with Crippen molar-refractivity contribution in [1.29, 1.82) is 0 Å². The summed E-state index contributed by atoms with van der Waals surface area (Å²) in [4.78, 5) is 50.8. The number of rotatable bonds is 12. The third-order valence-electron chi connectivity index (χ3n) is 4.66.